The highest BCUT2D eigenvalue weighted by Gasteiger charge is 2.27. The molecule has 1 fully saturated rings. The van der Waals surface area contributed by atoms with Gasteiger partial charge in [0.05, 0.1) is 5.69 Å². The molecule has 0 aliphatic carbocycles. The SMILES string of the molecule is CSc1nc(-c2ccc(F)cc2)cc(N2CCN(c3ncccc3C)CC2C)n1. The number of piperazine rings is 1. The highest BCUT2D eigenvalue weighted by molar-refractivity contribution is 7.98. The summed E-state index contributed by atoms with van der Waals surface area (Å²) in [6, 6.07) is 12.8. The van der Waals surface area contributed by atoms with E-state index in [9.17, 15) is 4.39 Å². The lowest BCUT2D eigenvalue weighted by molar-refractivity contribution is 0.540. The number of thioether (sulfide) groups is 1. The lowest BCUT2D eigenvalue weighted by atomic mass is 10.1. The molecule has 0 amide bonds. The Morgan fingerprint density at radius 3 is 2.59 bits per heavy atom. The van der Waals surface area contributed by atoms with Crippen molar-refractivity contribution in [3.63, 3.8) is 0 Å². The van der Waals surface area contributed by atoms with Crippen molar-refractivity contribution in [2.24, 2.45) is 0 Å². The number of aromatic nitrogens is 3. The fraction of sp³-hybridized carbons (Fsp3) is 0.318. The molecule has 0 spiro atoms. The van der Waals surface area contributed by atoms with E-state index in [1.807, 2.05) is 24.6 Å². The topological polar surface area (TPSA) is 45.2 Å². The van der Waals surface area contributed by atoms with Gasteiger partial charge < -0.3 is 9.80 Å². The van der Waals surface area contributed by atoms with Crippen LogP contribution in [0.1, 0.15) is 12.5 Å². The van der Waals surface area contributed by atoms with E-state index in [-0.39, 0.29) is 11.9 Å². The molecule has 1 aliphatic rings. The van der Waals surface area contributed by atoms with E-state index in [2.05, 4.69) is 39.7 Å². The first kappa shape index (κ1) is 19.6. The predicted molar refractivity (Wildman–Crippen MR) is 117 cm³/mol. The molecule has 7 heteroatoms. The lowest BCUT2D eigenvalue weighted by Gasteiger charge is -2.41. The maximum absolute atomic E-state index is 13.3. The van der Waals surface area contributed by atoms with Crippen molar-refractivity contribution in [1.82, 2.24) is 15.0 Å². The summed E-state index contributed by atoms with van der Waals surface area (Å²) in [5.74, 6) is 1.72. The monoisotopic (exact) mass is 409 g/mol. The Bertz CT molecular complexity index is 995. The summed E-state index contributed by atoms with van der Waals surface area (Å²) >= 11 is 1.52. The second-order valence-corrected chi connectivity index (χ2v) is 8.01. The van der Waals surface area contributed by atoms with Gasteiger partial charge in [0.1, 0.15) is 17.5 Å². The van der Waals surface area contributed by atoms with Gasteiger partial charge in [0.25, 0.3) is 0 Å². The smallest absolute Gasteiger partial charge is 0.189 e. The van der Waals surface area contributed by atoms with Crippen LogP contribution in [0.3, 0.4) is 0 Å². The Morgan fingerprint density at radius 1 is 1.10 bits per heavy atom. The van der Waals surface area contributed by atoms with Gasteiger partial charge in [-0.2, -0.15) is 0 Å². The van der Waals surface area contributed by atoms with Gasteiger partial charge in [-0.15, -0.1) is 0 Å². The molecule has 1 aromatic carbocycles. The fourth-order valence-corrected chi connectivity index (χ4v) is 4.09. The van der Waals surface area contributed by atoms with Gasteiger partial charge in [-0.3, -0.25) is 0 Å². The first-order valence-corrected chi connectivity index (χ1v) is 10.9. The Labute approximate surface area is 175 Å². The van der Waals surface area contributed by atoms with Crippen LogP contribution in [0.15, 0.2) is 53.8 Å². The van der Waals surface area contributed by atoms with Crippen molar-refractivity contribution in [3.8, 4) is 11.3 Å². The Balaban J connectivity index is 1.60. The highest BCUT2D eigenvalue weighted by Crippen LogP contribution is 2.28. The number of benzene rings is 1. The fourth-order valence-electron chi connectivity index (χ4n) is 3.72. The number of rotatable bonds is 4. The maximum Gasteiger partial charge on any atom is 0.189 e. The average molecular weight is 410 g/mol. The highest BCUT2D eigenvalue weighted by atomic mass is 32.2. The van der Waals surface area contributed by atoms with Crippen LogP contribution in [0, 0.1) is 12.7 Å². The van der Waals surface area contributed by atoms with Crippen LogP contribution in [0.25, 0.3) is 11.3 Å². The quantitative estimate of drug-likeness (QED) is 0.469. The van der Waals surface area contributed by atoms with Gasteiger partial charge in [-0.25, -0.2) is 19.3 Å². The largest absolute Gasteiger partial charge is 0.353 e. The lowest BCUT2D eigenvalue weighted by Crippen LogP contribution is -2.52. The molecular formula is C22H24FN5S. The van der Waals surface area contributed by atoms with Gasteiger partial charge in [-0.05, 0) is 56.0 Å². The molecule has 2 aromatic heterocycles. The summed E-state index contributed by atoms with van der Waals surface area (Å²) in [7, 11) is 0. The molecule has 3 heterocycles. The minimum absolute atomic E-state index is 0.248. The first-order chi connectivity index (χ1) is 14.0. The van der Waals surface area contributed by atoms with Crippen molar-refractivity contribution < 1.29 is 4.39 Å². The van der Waals surface area contributed by atoms with Crippen molar-refractivity contribution in [3.05, 3.63) is 60.0 Å². The van der Waals surface area contributed by atoms with E-state index >= 15 is 0 Å². The van der Waals surface area contributed by atoms with Crippen LogP contribution in [-0.2, 0) is 0 Å². The Hall–Kier alpha value is -2.67. The zero-order chi connectivity index (χ0) is 20.4. The third kappa shape index (κ3) is 4.19. The molecule has 1 atom stereocenters. The summed E-state index contributed by atoms with van der Waals surface area (Å²) in [4.78, 5) is 18.6. The molecule has 1 unspecified atom stereocenters. The van der Waals surface area contributed by atoms with Crippen molar-refractivity contribution in [1.29, 1.82) is 0 Å². The third-order valence-corrected chi connectivity index (χ3v) is 5.77. The predicted octanol–water partition coefficient (Wildman–Crippen LogP) is 4.42. The van der Waals surface area contributed by atoms with E-state index in [0.717, 1.165) is 47.7 Å². The van der Waals surface area contributed by atoms with Crippen LogP contribution >= 0.6 is 11.8 Å². The number of nitrogens with zero attached hydrogens (tertiary/aromatic N) is 5. The molecular weight excluding hydrogens is 385 g/mol. The summed E-state index contributed by atoms with van der Waals surface area (Å²) in [6.45, 7) is 6.92. The van der Waals surface area contributed by atoms with E-state index in [4.69, 9.17) is 4.98 Å². The third-order valence-electron chi connectivity index (χ3n) is 5.22. The molecule has 0 bridgehead atoms. The standard InChI is InChI=1S/C22H24FN5S/c1-15-5-4-10-24-21(15)27-11-12-28(16(2)14-27)20-13-19(25-22(26-20)29-3)17-6-8-18(23)9-7-17/h4-10,13,16H,11-12,14H2,1-3H3. The molecule has 0 saturated carbocycles. The number of hydrogen-bond acceptors (Lipinski definition) is 6. The number of aryl methyl sites for hydroxylation is 1. The minimum atomic E-state index is -0.248. The normalized spacial score (nSPS) is 16.9. The summed E-state index contributed by atoms with van der Waals surface area (Å²) in [5.41, 5.74) is 2.90. The Morgan fingerprint density at radius 2 is 1.90 bits per heavy atom. The molecule has 1 aliphatic heterocycles. The number of halogens is 1. The van der Waals surface area contributed by atoms with Crippen LogP contribution in [-0.4, -0.2) is 46.9 Å². The molecule has 0 radical (unpaired) electrons. The number of anilines is 2. The van der Waals surface area contributed by atoms with Gasteiger partial charge in [-0.1, -0.05) is 17.8 Å². The second-order valence-electron chi connectivity index (χ2n) is 7.24. The average Bonchev–Trinajstić information content (AvgIpc) is 2.74. The van der Waals surface area contributed by atoms with Gasteiger partial charge in [0, 0.05) is 43.5 Å². The van der Waals surface area contributed by atoms with Crippen LogP contribution < -0.4 is 9.80 Å². The van der Waals surface area contributed by atoms with Gasteiger partial charge in [0.15, 0.2) is 5.16 Å². The summed E-state index contributed by atoms with van der Waals surface area (Å²) < 4.78 is 13.3. The number of hydrogen-bond donors (Lipinski definition) is 0. The zero-order valence-electron chi connectivity index (χ0n) is 16.8. The van der Waals surface area contributed by atoms with Crippen molar-refractivity contribution in [2.75, 3.05) is 35.7 Å². The van der Waals surface area contributed by atoms with E-state index < -0.39 is 0 Å². The molecule has 3 aromatic rings. The summed E-state index contributed by atoms with van der Waals surface area (Å²) in [5, 5.41) is 0.719. The first-order valence-electron chi connectivity index (χ1n) is 9.67. The Kier molecular flexibility index (Phi) is 5.67. The maximum atomic E-state index is 13.3. The van der Waals surface area contributed by atoms with Crippen molar-refractivity contribution in [2.45, 2.75) is 25.0 Å². The van der Waals surface area contributed by atoms with E-state index in [1.165, 1.54) is 29.5 Å². The summed E-state index contributed by atoms with van der Waals surface area (Å²) in [6.07, 6.45) is 3.82. The molecule has 5 nitrogen and oxygen atoms in total. The molecule has 4 rings (SSSR count). The van der Waals surface area contributed by atoms with Gasteiger partial charge >= 0.3 is 0 Å². The second kappa shape index (κ2) is 8.37. The molecule has 1 saturated heterocycles. The van der Waals surface area contributed by atoms with E-state index in [1.54, 1.807) is 12.1 Å². The molecule has 150 valence electrons. The van der Waals surface area contributed by atoms with Gasteiger partial charge in [0.2, 0.25) is 0 Å². The molecule has 29 heavy (non-hydrogen) atoms. The van der Waals surface area contributed by atoms with Crippen molar-refractivity contribution >= 4 is 23.4 Å². The number of pyridine rings is 1. The van der Waals surface area contributed by atoms with Crippen LogP contribution in [0.2, 0.25) is 0 Å². The van der Waals surface area contributed by atoms with Crippen LogP contribution in [0.4, 0.5) is 16.0 Å². The zero-order valence-corrected chi connectivity index (χ0v) is 17.7. The van der Waals surface area contributed by atoms with E-state index in [0.29, 0.717) is 0 Å². The minimum Gasteiger partial charge on any atom is -0.353 e. The molecule has 0 N–H and O–H groups in total. The van der Waals surface area contributed by atoms with Crippen LogP contribution in [0.5, 0.6) is 0 Å².